The number of carboxylic acids is 1. The average Bonchev–Trinajstić information content (AvgIpc) is 2.58. The van der Waals surface area contributed by atoms with E-state index >= 15 is 0 Å². The van der Waals surface area contributed by atoms with Gasteiger partial charge in [0.1, 0.15) is 6.04 Å². The van der Waals surface area contributed by atoms with Crippen LogP contribution in [0.1, 0.15) is 44.6 Å². The molecule has 0 saturated carbocycles. The van der Waals surface area contributed by atoms with E-state index in [1.807, 2.05) is 42.5 Å². The lowest BCUT2D eigenvalue weighted by Gasteiger charge is -2.16. The van der Waals surface area contributed by atoms with Crippen molar-refractivity contribution in [2.75, 3.05) is 0 Å². The molecule has 0 aliphatic rings. The van der Waals surface area contributed by atoms with E-state index in [9.17, 15) is 14.7 Å². The van der Waals surface area contributed by atoms with Gasteiger partial charge in [-0.05, 0) is 22.8 Å². The smallest absolute Gasteiger partial charge is 0.326 e. The van der Waals surface area contributed by atoms with E-state index in [4.69, 9.17) is 0 Å². The summed E-state index contributed by atoms with van der Waals surface area (Å²) in [6.07, 6.45) is 4.70. The van der Waals surface area contributed by atoms with Crippen LogP contribution >= 0.6 is 0 Å². The SMILES string of the molecule is CCCCCCC(=O)N[C@@H](Cc1cccc2ccccc12)C(=O)O. The summed E-state index contributed by atoms with van der Waals surface area (Å²) in [6.45, 7) is 2.12. The highest BCUT2D eigenvalue weighted by atomic mass is 16.4. The first-order valence-electron chi connectivity index (χ1n) is 8.60. The predicted octanol–water partition coefficient (Wildman–Crippen LogP) is 3.92. The lowest BCUT2D eigenvalue weighted by atomic mass is 9.98. The van der Waals surface area contributed by atoms with Gasteiger partial charge in [0.15, 0.2) is 0 Å². The minimum atomic E-state index is -0.996. The Morgan fingerprint density at radius 1 is 1.04 bits per heavy atom. The van der Waals surface area contributed by atoms with Crippen LogP contribution in [0.4, 0.5) is 0 Å². The number of carbonyl (C=O) groups is 2. The molecule has 0 bridgehead atoms. The number of unbranched alkanes of at least 4 members (excludes halogenated alkanes) is 3. The molecule has 4 heteroatoms. The number of carboxylic acid groups (broad SMARTS) is 1. The number of fused-ring (bicyclic) bond motifs is 1. The van der Waals surface area contributed by atoms with Crippen LogP contribution in [0, 0.1) is 0 Å². The van der Waals surface area contributed by atoms with Gasteiger partial charge >= 0.3 is 5.97 Å². The van der Waals surface area contributed by atoms with Crippen molar-refractivity contribution >= 4 is 22.6 Å². The molecule has 2 aromatic carbocycles. The van der Waals surface area contributed by atoms with Gasteiger partial charge < -0.3 is 10.4 Å². The molecule has 0 heterocycles. The number of rotatable bonds is 9. The summed E-state index contributed by atoms with van der Waals surface area (Å²) in [5.41, 5.74) is 0.937. The molecule has 4 nitrogen and oxygen atoms in total. The molecule has 0 aliphatic heterocycles. The standard InChI is InChI=1S/C20H25NO3/c1-2-3-4-5-13-19(22)21-18(20(23)24)14-16-11-8-10-15-9-6-7-12-17(15)16/h6-12,18H,2-5,13-14H2,1H3,(H,21,22)(H,23,24)/t18-/m0/s1. The maximum atomic E-state index is 12.0. The Balaban J connectivity index is 2.03. The molecule has 0 aromatic heterocycles. The van der Waals surface area contributed by atoms with Gasteiger partial charge in [0, 0.05) is 12.8 Å². The molecular weight excluding hydrogens is 302 g/mol. The number of aliphatic carboxylic acids is 1. The second-order valence-electron chi connectivity index (χ2n) is 6.11. The minimum Gasteiger partial charge on any atom is -0.480 e. The monoisotopic (exact) mass is 327 g/mol. The molecule has 2 N–H and O–H groups in total. The summed E-state index contributed by atoms with van der Waals surface area (Å²) in [4.78, 5) is 23.5. The van der Waals surface area contributed by atoms with E-state index in [0.717, 1.165) is 42.0 Å². The summed E-state index contributed by atoms with van der Waals surface area (Å²) >= 11 is 0. The van der Waals surface area contributed by atoms with E-state index in [1.54, 1.807) is 0 Å². The summed E-state index contributed by atoms with van der Waals surface area (Å²) in [5.74, 6) is -1.18. The van der Waals surface area contributed by atoms with E-state index in [0.29, 0.717) is 6.42 Å². The lowest BCUT2D eigenvalue weighted by molar-refractivity contribution is -0.141. The van der Waals surface area contributed by atoms with Gasteiger partial charge in [-0.25, -0.2) is 4.79 Å². The van der Waals surface area contributed by atoms with Crippen molar-refractivity contribution in [3.8, 4) is 0 Å². The van der Waals surface area contributed by atoms with Gasteiger partial charge in [0.05, 0.1) is 0 Å². The van der Waals surface area contributed by atoms with Gasteiger partial charge in [-0.15, -0.1) is 0 Å². The van der Waals surface area contributed by atoms with Gasteiger partial charge in [-0.3, -0.25) is 4.79 Å². The number of hydrogen-bond acceptors (Lipinski definition) is 2. The Labute approximate surface area is 142 Å². The minimum absolute atomic E-state index is 0.182. The maximum Gasteiger partial charge on any atom is 0.326 e. The number of benzene rings is 2. The molecule has 0 saturated heterocycles. The molecule has 24 heavy (non-hydrogen) atoms. The molecule has 2 aromatic rings. The fourth-order valence-electron chi connectivity index (χ4n) is 2.87. The van der Waals surface area contributed by atoms with E-state index < -0.39 is 12.0 Å². The largest absolute Gasteiger partial charge is 0.480 e. The van der Waals surface area contributed by atoms with Crippen LogP contribution in [-0.2, 0) is 16.0 Å². The molecule has 128 valence electrons. The van der Waals surface area contributed by atoms with Crippen LogP contribution in [0.25, 0.3) is 10.8 Å². The number of hydrogen-bond donors (Lipinski definition) is 2. The van der Waals surface area contributed by atoms with Crippen LogP contribution in [0.15, 0.2) is 42.5 Å². The topological polar surface area (TPSA) is 66.4 Å². The molecule has 1 amide bonds. The van der Waals surface area contributed by atoms with Gasteiger partial charge in [0.25, 0.3) is 0 Å². The maximum absolute atomic E-state index is 12.0. The lowest BCUT2D eigenvalue weighted by Crippen LogP contribution is -2.42. The van der Waals surface area contributed by atoms with E-state index in [2.05, 4.69) is 12.2 Å². The van der Waals surface area contributed by atoms with Crippen LogP contribution in [0.2, 0.25) is 0 Å². The Kier molecular flexibility index (Phi) is 6.79. The predicted molar refractivity (Wildman–Crippen MR) is 96.0 cm³/mol. The first-order chi connectivity index (χ1) is 11.6. The Morgan fingerprint density at radius 3 is 2.54 bits per heavy atom. The summed E-state index contributed by atoms with van der Waals surface area (Å²) in [5, 5.41) is 14.2. The molecule has 0 spiro atoms. The third kappa shape index (κ3) is 5.08. The molecule has 1 atom stereocenters. The Morgan fingerprint density at radius 2 is 1.79 bits per heavy atom. The number of amides is 1. The van der Waals surface area contributed by atoms with Crippen molar-refractivity contribution in [3.63, 3.8) is 0 Å². The van der Waals surface area contributed by atoms with Crippen molar-refractivity contribution in [1.82, 2.24) is 5.32 Å². The molecule has 0 fully saturated rings. The van der Waals surface area contributed by atoms with Crippen LogP contribution in [-0.4, -0.2) is 23.0 Å². The van der Waals surface area contributed by atoms with Gasteiger partial charge in [-0.1, -0.05) is 68.7 Å². The highest BCUT2D eigenvalue weighted by Gasteiger charge is 2.21. The van der Waals surface area contributed by atoms with Crippen LogP contribution in [0.5, 0.6) is 0 Å². The second-order valence-corrected chi connectivity index (χ2v) is 6.11. The fraction of sp³-hybridized carbons (Fsp3) is 0.400. The first kappa shape index (κ1) is 18.0. The third-order valence-corrected chi connectivity index (χ3v) is 4.19. The molecule has 0 unspecified atom stereocenters. The van der Waals surface area contributed by atoms with Crippen molar-refractivity contribution in [2.24, 2.45) is 0 Å². The zero-order valence-electron chi connectivity index (χ0n) is 14.1. The number of nitrogens with one attached hydrogen (secondary N) is 1. The Bertz CT molecular complexity index is 691. The average molecular weight is 327 g/mol. The van der Waals surface area contributed by atoms with Crippen LogP contribution < -0.4 is 5.32 Å². The molecule has 2 rings (SSSR count). The Hall–Kier alpha value is -2.36. The third-order valence-electron chi connectivity index (χ3n) is 4.19. The highest BCUT2D eigenvalue weighted by molar-refractivity contribution is 5.88. The van der Waals surface area contributed by atoms with Gasteiger partial charge in [0.2, 0.25) is 5.91 Å². The van der Waals surface area contributed by atoms with E-state index in [1.165, 1.54) is 0 Å². The summed E-state index contributed by atoms with van der Waals surface area (Å²) < 4.78 is 0. The fourth-order valence-corrected chi connectivity index (χ4v) is 2.87. The zero-order chi connectivity index (χ0) is 17.4. The number of carbonyl (C=O) groups excluding carboxylic acids is 1. The van der Waals surface area contributed by atoms with Crippen LogP contribution in [0.3, 0.4) is 0 Å². The van der Waals surface area contributed by atoms with Gasteiger partial charge in [-0.2, -0.15) is 0 Å². The highest BCUT2D eigenvalue weighted by Crippen LogP contribution is 2.20. The van der Waals surface area contributed by atoms with Crippen molar-refractivity contribution in [2.45, 2.75) is 51.5 Å². The first-order valence-corrected chi connectivity index (χ1v) is 8.60. The molecule has 0 aliphatic carbocycles. The quantitative estimate of drug-likeness (QED) is 0.686. The van der Waals surface area contributed by atoms with Crippen molar-refractivity contribution in [1.29, 1.82) is 0 Å². The summed E-state index contributed by atoms with van der Waals surface area (Å²) in [7, 11) is 0. The van der Waals surface area contributed by atoms with Crippen molar-refractivity contribution < 1.29 is 14.7 Å². The zero-order valence-corrected chi connectivity index (χ0v) is 14.1. The molecular formula is C20H25NO3. The summed E-state index contributed by atoms with van der Waals surface area (Å²) in [6, 6.07) is 12.8. The normalized spacial score (nSPS) is 12.0. The van der Waals surface area contributed by atoms with Crippen molar-refractivity contribution in [3.05, 3.63) is 48.0 Å². The molecule has 0 radical (unpaired) electrons. The van der Waals surface area contributed by atoms with E-state index in [-0.39, 0.29) is 12.3 Å². The second kappa shape index (κ2) is 9.06.